The van der Waals surface area contributed by atoms with E-state index < -0.39 is 23.5 Å². The van der Waals surface area contributed by atoms with E-state index >= 15 is 0 Å². The Morgan fingerprint density at radius 3 is 2.55 bits per heavy atom. The Kier molecular flexibility index (Phi) is 5.32. The van der Waals surface area contributed by atoms with E-state index in [1.807, 2.05) is 0 Å². The first-order chi connectivity index (χ1) is 13.6. The number of alkyl halides is 3. The van der Waals surface area contributed by atoms with Crippen molar-refractivity contribution in [3.05, 3.63) is 64.5 Å². The SMILES string of the molecule is COc1nc2cc(C(F)(F)F)ccc2c(C)c1C(=O)NCc1cc(O)cc(F)c1. The van der Waals surface area contributed by atoms with Crippen LogP contribution in [0.15, 0.2) is 36.4 Å². The molecule has 0 aliphatic rings. The number of amides is 1. The second-order valence-corrected chi connectivity index (χ2v) is 6.35. The average molecular weight is 408 g/mol. The van der Waals surface area contributed by atoms with Crippen LogP contribution in [0.1, 0.15) is 27.0 Å². The zero-order valence-electron chi connectivity index (χ0n) is 15.4. The van der Waals surface area contributed by atoms with Crippen molar-refractivity contribution in [1.29, 1.82) is 0 Å². The Morgan fingerprint density at radius 2 is 1.93 bits per heavy atom. The van der Waals surface area contributed by atoms with Gasteiger partial charge in [0.05, 0.1) is 18.2 Å². The number of nitrogens with one attached hydrogen (secondary N) is 1. The van der Waals surface area contributed by atoms with Gasteiger partial charge < -0.3 is 15.2 Å². The first kappa shape index (κ1) is 20.4. The topological polar surface area (TPSA) is 71.5 Å². The van der Waals surface area contributed by atoms with Gasteiger partial charge in [-0.05, 0) is 42.3 Å². The number of ether oxygens (including phenoxy) is 1. The van der Waals surface area contributed by atoms with Crippen LogP contribution in [0.25, 0.3) is 10.9 Å². The van der Waals surface area contributed by atoms with Gasteiger partial charge in [-0.15, -0.1) is 0 Å². The first-order valence-corrected chi connectivity index (χ1v) is 8.42. The Morgan fingerprint density at radius 1 is 1.21 bits per heavy atom. The number of fused-ring (bicyclic) bond motifs is 1. The normalized spacial score (nSPS) is 11.5. The second kappa shape index (κ2) is 7.57. The van der Waals surface area contributed by atoms with Gasteiger partial charge in [0.15, 0.2) is 0 Å². The van der Waals surface area contributed by atoms with E-state index in [9.17, 15) is 27.5 Å². The highest BCUT2D eigenvalue weighted by molar-refractivity contribution is 6.02. The molecule has 152 valence electrons. The molecule has 0 saturated carbocycles. The van der Waals surface area contributed by atoms with Crippen LogP contribution in [0.2, 0.25) is 0 Å². The summed E-state index contributed by atoms with van der Waals surface area (Å²) in [5, 5.41) is 12.4. The van der Waals surface area contributed by atoms with Gasteiger partial charge >= 0.3 is 6.18 Å². The number of aromatic hydroxyl groups is 1. The smallest absolute Gasteiger partial charge is 0.416 e. The van der Waals surface area contributed by atoms with E-state index in [0.29, 0.717) is 16.5 Å². The molecule has 0 aliphatic carbocycles. The third-order valence-corrected chi connectivity index (χ3v) is 4.36. The van der Waals surface area contributed by atoms with Crippen molar-refractivity contribution in [2.75, 3.05) is 7.11 Å². The highest BCUT2D eigenvalue weighted by atomic mass is 19.4. The molecule has 0 saturated heterocycles. The molecule has 1 aromatic heterocycles. The molecule has 0 aliphatic heterocycles. The number of phenolic OH excluding ortho intramolecular Hbond substituents is 1. The maximum absolute atomic E-state index is 13.4. The number of halogens is 4. The molecule has 29 heavy (non-hydrogen) atoms. The number of rotatable bonds is 4. The van der Waals surface area contributed by atoms with Gasteiger partial charge in [-0.2, -0.15) is 13.2 Å². The van der Waals surface area contributed by atoms with E-state index in [1.165, 1.54) is 19.2 Å². The summed E-state index contributed by atoms with van der Waals surface area (Å²) >= 11 is 0. The van der Waals surface area contributed by atoms with Crippen LogP contribution < -0.4 is 10.1 Å². The Hall–Kier alpha value is -3.36. The highest BCUT2D eigenvalue weighted by Crippen LogP contribution is 2.34. The van der Waals surface area contributed by atoms with Crippen molar-refractivity contribution < 1.29 is 32.2 Å². The quantitative estimate of drug-likeness (QED) is 0.630. The Balaban J connectivity index is 1.97. The zero-order chi connectivity index (χ0) is 21.3. The summed E-state index contributed by atoms with van der Waals surface area (Å²) in [7, 11) is 1.25. The number of aromatic nitrogens is 1. The van der Waals surface area contributed by atoms with Gasteiger partial charge in [0.1, 0.15) is 17.1 Å². The molecule has 0 bridgehead atoms. The van der Waals surface area contributed by atoms with Gasteiger partial charge in [-0.1, -0.05) is 6.07 Å². The van der Waals surface area contributed by atoms with Crippen molar-refractivity contribution in [1.82, 2.24) is 10.3 Å². The number of pyridine rings is 1. The lowest BCUT2D eigenvalue weighted by atomic mass is 10.0. The van der Waals surface area contributed by atoms with E-state index in [0.717, 1.165) is 24.3 Å². The number of carbonyl (C=O) groups excluding carboxylic acids is 1. The largest absolute Gasteiger partial charge is 0.508 e. The third-order valence-electron chi connectivity index (χ3n) is 4.36. The third kappa shape index (κ3) is 4.23. The molecule has 1 heterocycles. The number of hydrogen-bond donors (Lipinski definition) is 2. The molecular weight excluding hydrogens is 392 g/mol. The van der Waals surface area contributed by atoms with Crippen molar-refractivity contribution in [2.24, 2.45) is 0 Å². The molecule has 3 rings (SSSR count). The number of aryl methyl sites for hydroxylation is 1. The van der Waals surface area contributed by atoms with Crippen molar-refractivity contribution in [2.45, 2.75) is 19.6 Å². The van der Waals surface area contributed by atoms with E-state index in [-0.39, 0.29) is 29.3 Å². The number of methoxy groups -OCH3 is 1. The minimum atomic E-state index is -4.52. The average Bonchev–Trinajstić information content (AvgIpc) is 2.64. The predicted octanol–water partition coefficient (Wildman–Crippen LogP) is 4.35. The molecule has 2 N–H and O–H groups in total. The minimum Gasteiger partial charge on any atom is -0.508 e. The molecule has 0 spiro atoms. The molecule has 3 aromatic rings. The van der Waals surface area contributed by atoms with Gasteiger partial charge in [-0.25, -0.2) is 9.37 Å². The first-order valence-electron chi connectivity index (χ1n) is 8.42. The summed E-state index contributed by atoms with van der Waals surface area (Å²) in [6.07, 6.45) is -4.52. The second-order valence-electron chi connectivity index (χ2n) is 6.35. The maximum atomic E-state index is 13.4. The molecule has 0 radical (unpaired) electrons. The van der Waals surface area contributed by atoms with Crippen LogP contribution in [0, 0.1) is 12.7 Å². The summed E-state index contributed by atoms with van der Waals surface area (Å²) in [6, 6.07) is 6.44. The summed E-state index contributed by atoms with van der Waals surface area (Å²) < 4.78 is 57.4. The summed E-state index contributed by atoms with van der Waals surface area (Å²) in [5.74, 6) is -1.67. The maximum Gasteiger partial charge on any atom is 0.416 e. The number of carbonyl (C=O) groups is 1. The van der Waals surface area contributed by atoms with Gasteiger partial charge in [0.2, 0.25) is 5.88 Å². The fraction of sp³-hybridized carbons (Fsp3) is 0.200. The molecular formula is C20H16F4N2O3. The van der Waals surface area contributed by atoms with E-state index in [4.69, 9.17) is 4.74 Å². The minimum absolute atomic E-state index is 0.0424. The monoisotopic (exact) mass is 408 g/mol. The van der Waals surface area contributed by atoms with Crippen LogP contribution in [0.5, 0.6) is 11.6 Å². The molecule has 2 aromatic carbocycles. The van der Waals surface area contributed by atoms with Gasteiger partial charge in [-0.3, -0.25) is 4.79 Å². The summed E-state index contributed by atoms with van der Waals surface area (Å²) in [5.41, 5.74) is -0.0422. The number of phenols is 1. The number of benzene rings is 2. The fourth-order valence-electron chi connectivity index (χ4n) is 3.00. The molecule has 0 fully saturated rings. The molecule has 0 unspecified atom stereocenters. The fourth-order valence-corrected chi connectivity index (χ4v) is 3.00. The Labute approximate surface area is 162 Å². The zero-order valence-corrected chi connectivity index (χ0v) is 15.4. The number of nitrogens with zero attached hydrogens (tertiary/aromatic N) is 1. The molecule has 9 heteroatoms. The van der Waals surface area contributed by atoms with Crippen LogP contribution >= 0.6 is 0 Å². The van der Waals surface area contributed by atoms with Crippen LogP contribution in [0.4, 0.5) is 17.6 Å². The number of hydrogen-bond acceptors (Lipinski definition) is 4. The van der Waals surface area contributed by atoms with Crippen LogP contribution in [0.3, 0.4) is 0 Å². The Bertz CT molecular complexity index is 1080. The summed E-state index contributed by atoms with van der Waals surface area (Å²) in [4.78, 5) is 16.7. The molecule has 5 nitrogen and oxygen atoms in total. The van der Waals surface area contributed by atoms with Crippen molar-refractivity contribution >= 4 is 16.8 Å². The molecule has 1 amide bonds. The van der Waals surface area contributed by atoms with Gasteiger partial charge in [0, 0.05) is 18.0 Å². The van der Waals surface area contributed by atoms with Crippen molar-refractivity contribution in [3.63, 3.8) is 0 Å². The molecule has 0 atom stereocenters. The van der Waals surface area contributed by atoms with Crippen LogP contribution in [-0.2, 0) is 12.7 Å². The summed E-state index contributed by atoms with van der Waals surface area (Å²) in [6.45, 7) is 1.49. The predicted molar refractivity (Wildman–Crippen MR) is 97.3 cm³/mol. The van der Waals surface area contributed by atoms with E-state index in [1.54, 1.807) is 6.92 Å². The van der Waals surface area contributed by atoms with E-state index in [2.05, 4.69) is 10.3 Å². The van der Waals surface area contributed by atoms with Gasteiger partial charge in [0.25, 0.3) is 5.91 Å². The van der Waals surface area contributed by atoms with Crippen LogP contribution in [-0.4, -0.2) is 23.1 Å². The lowest BCUT2D eigenvalue weighted by Crippen LogP contribution is -2.25. The highest BCUT2D eigenvalue weighted by Gasteiger charge is 2.31. The van der Waals surface area contributed by atoms with Crippen molar-refractivity contribution in [3.8, 4) is 11.6 Å². The standard InChI is InChI=1S/C20H16F4N2O3/c1-10-15-4-3-12(20(22,23)24)7-16(15)26-19(29-2)17(10)18(28)25-9-11-5-13(21)8-14(27)6-11/h3-8,27H,9H2,1-2H3,(H,25,28). The lowest BCUT2D eigenvalue weighted by Gasteiger charge is -2.15. The lowest BCUT2D eigenvalue weighted by molar-refractivity contribution is -0.137.